The van der Waals surface area contributed by atoms with Gasteiger partial charge < -0.3 is 15.3 Å². The van der Waals surface area contributed by atoms with E-state index in [1.54, 1.807) is 6.92 Å². The lowest BCUT2D eigenvalue weighted by molar-refractivity contribution is -0.385. The van der Waals surface area contributed by atoms with Gasteiger partial charge in [0.1, 0.15) is 0 Å². The van der Waals surface area contributed by atoms with Gasteiger partial charge in [-0.3, -0.25) is 10.1 Å². The molecule has 7 heteroatoms. The largest absolute Gasteiger partial charge is 0.478 e. The Morgan fingerprint density at radius 2 is 2.10 bits per heavy atom. The molecule has 0 aliphatic carbocycles. The van der Waals surface area contributed by atoms with Gasteiger partial charge in [0.15, 0.2) is 0 Å². The smallest absolute Gasteiger partial charge is 0.336 e. The molecule has 0 aliphatic rings. The van der Waals surface area contributed by atoms with E-state index in [9.17, 15) is 14.9 Å². The molecule has 0 saturated heterocycles. The molecule has 1 aromatic rings. The van der Waals surface area contributed by atoms with E-state index in [0.29, 0.717) is 17.8 Å². The number of benzene rings is 1. The second-order valence-electron chi connectivity index (χ2n) is 4.81. The second kappa shape index (κ2) is 6.85. The number of hydrogen-bond donors (Lipinski definition) is 2. The number of hydrogen-bond acceptors (Lipinski definition) is 5. The maximum absolute atomic E-state index is 11.0. The molecule has 0 radical (unpaired) electrons. The highest BCUT2D eigenvalue weighted by atomic mass is 16.6. The van der Waals surface area contributed by atoms with Gasteiger partial charge in [0.25, 0.3) is 5.69 Å². The van der Waals surface area contributed by atoms with Gasteiger partial charge in [-0.25, -0.2) is 4.79 Å². The summed E-state index contributed by atoms with van der Waals surface area (Å²) in [5, 5.41) is 23.0. The third kappa shape index (κ3) is 4.20. The number of nitro groups is 1. The van der Waals surface area contributed by atoms with E-state index in [2.05, 4.69) is 5.32 Å². The van der Waals surface area contributed by atoms with Crippen LogP contribution < -0.4 is 5.32 Å². The fourth-order valence-corrected chi connectivity index (χ4v) is 1.81. The lowest BCUT2D eigenvalue weighted by Crippen LogP contribution is -2.17. The van der Waals surface area contributed by atoms with Crippen LogP contribution in [0.25, 0.3) is 0 Å². The van der Waals surface area contributed by atoms with Gasteiger partial charge in [-0.1, -0.05) is 0 Å². The van der Waals surface area contributed by atoms with Crippen LogP contribution in [0.5, 0.6) is 0 Å². The lowest BCUT2D eigenvalue weighted by atomic mass is 10.1. The molecule has 1 rings (SSSR count). The Morgan fingerprint density at radius 1 is 1.45 bits per heavy atom. The van der Waals surface area contributed by atoms with Crippen molar-refractivity contribution in [3.63, 3.8) is 0 Å². The Morgan fingerprint density at radius 3 is 2.60 bits per heavy atom. The average Bonchev–Trinajstić information content (AvgIpc) is 2.35. The summed E-state index contributed by atoms with van der Waals surface area (Å²) in [5.74, 6) is -1.18. The van der Waals surface area contributed by atoms with Crippen molar-refractivity contribution < 1.29 is 14.8 Å². The molecule has 110 valence electrons. The van der Waals surface area contributed by atoms with Crippen molar-refractivity contribution in [2.45, 2.75) is 13.3 Å². The highest BCUT2D eigenvalue weighted by molar-refractivity contribution is 5.90. The normalized spacial score (nSPS) is 10.6. The molecule has 0 aromatic heterocycles. The highest BCUT2D eigenvalue weighted by Gasteiger charge is 2.18. The minimum absolute atomic E-state index is 0.0857. The van der Waals surface area contributed by atoms with E-state index >= 15 is 0 Å². The van der Waals surface area contributed by atoms with E-state index in [4.69, 9.17) is 5.11 Å². The van der Waals surface area contributed by atoms with Gasteiger partial charge in [-0.05, 0) is 40.1 Å². The Hall–Kier alpha value is -2.15. The van der Waals surface area contributed by atoms with E-state index < -0.39 is 10.9 Å². The van der Waals surface area contributed by atoms with Crippen LogP contribution in [0.4, 0.5) is 11.4 Å². The standard InChI is InChI=1S/C13H19N3O4/c1-9-11(14-5-4-6-15(2)3)7-10(13(17)18)8-12(9)16(19)20/h7-8,14H,4-6H2,1-3H3,(H,17,18). The van der Waals surface area contributed by atoms with Crippen molar-refractivity contribution in [1.82, 2.24) is 4.90 Å². The van der Waals surface area contributed by atoms with E-state index in [-0.39, 0.29) is 11.3 Å². The first-order chi connectivity index (χ1) is 9.32. The number of carbonyl (C=O) groups is 1. The quantitative estimate of drug-likeness (QED) is 0.450. The zero-order valence-electron chi connectivity index (χ0n) is 11.8. The van der Waals surface area contributed by atoms with Crippen LogP contribution in [0, 0.1) is 17.0 Å². The van der Waals surface area contributed by atoms with Crippen molar-refractivity contribution in [1.29, 1.82) is 0 Å². The summed E-state index contributed by atoms with van der Waals surface area (Å²) >= 11 is 0. The van der Waals surface area contributed by atoms with Crippen molar-refractivity contribution in [3.05, 3.63) is 33.4 Å². The Bertz CT molecular complexity index is 515. The Labute approximate surface area is 117 Å². The molecule has 0 heterocycles. The van der Waals surface area contributed by atoms with Crippen LogP contribution in [-0.4, -0.2) is 48.1 Å². The summed E-state index contributed by atoms with van der Waals surface area (Å²) in [6.45, 7) is 3.12. The van der Waals surface area contributed by atoms with Crippen LogP contribution in [0.15, 0.2) is 12.1 Å². The van der Waals surface area contributed by atoms with Gasteiger partial charge in [-0.15, -0.1) is 0 Å². The number of rotatable bonds is 7. The van der Waals surface area contributed by atoms with Crippen LogP contribution in [0.3, 0.4) is 0 Å². The molecule has 0 amide bonds. The molecule has 0 spiro atoms. The first-order valence-corrected chi connectivity index (χ1v) is 6.24. The summed E-state index contributed by atoms with van der Waals surface area (Å²) in [5.41, 5.74) is 0.678. The zero-order chi connectivity index (χ0) is 15.3. The fraction of sp³-hybridized carbons (Fsp3) is 0.462. The third-order valence-electron chi connectivity index (χ3n) is 2.92. The van der Waals surface area contributed by atoms with E-state index in [1.165, 1.54) is 6.07 Å². The molecule has 2 N–H and O–H groups in total. The predicted octanol–water partition coefficient (Wildman–Crippen LogP) is 1.97. The number of carboxylic acid groups (broad SMARTS) is 1. The lowest BCUT2D eigenvalue weighted by Gasteiger charge is -2.13. The molecule has 20 heavy (non-hydrogen) atoms. The van der Waals surface area contributed by atoms with Gasteiger partial charge in [0.2, 0.25) is 0 Å². The molecular formula is C13H19N3O4. The first-order valence-electron chi connectivity index (χ1n) is 6.24. The van der Waals surface area contributed by atoms with E-state index in [1.807, 2.05) is 19.0 Å². The second-order valence-corrected chi connectivity index (χ2v) is 4.81. The van der Waals surface area contributed by atoms with Gasteiger partial charge in [-0.2, -0.15) is 0 Å². The van der Waals surface area contributed by atoms with Gasteiger partial charge in [0.05, 0.1) is 10.5 Å². The molecule has 0 atom stereocenters. The molecule has 0 fully saturated rings. The highest BCUT2D eigenvalue weighted by Crippen LogP contribution is 2.27. The SMILES string of the molecule is Cc1c(NCCCN(C)C)cc(C(=O)O)cc1[N+](=O)[O-]. The number of anilines is 1. The topological polar surface area (TPSA) is 95.7 Å². The van der Waals surface area contributed by atoms with Crippen LogP contribution in [0.2, 0.25) is 0 Å². The minimum atomic E-state index is -1.18. The summed E-state index contributed by atoms with van der Waals surface area (Å²) in [4.78, 5) is 23.4. The maximum Gasteiger partial charge on any atom is 0.336 e. The third-order valence-corrected chi connectivity index (χ3v) is 2.92. The average molecular weight is 281 g/mol. The van der Waals surface area contributed by atoms with Crippen molar-refractivity contribution >= 4 is 17.3 Å². The maximum atomic E-state index is 11.0. The molecular weight excluding hydrogens is 262 g/mol. The van der Waals surface area contributed by atoms with Crippen LogP contribution in [-0.2, 0) is 0 Å². The molecule has 1 aromatic carbocycles. The number of carboxylic acids is 1. The summed E-state index contributed by atoms with van der Waals surface area (Å²) in [6.07, 6.45) is 0.859. The minimum Gasteiger partial charge on any atom is -0.478 e. The molecule has 0 saturated carbocycles. The van der Waals surface area contributed by atoms with Crippen molar-refractivity contribution in [2.75, 3.05) is 32.5 Å². The molecule has 0 bridgehead atoms. The van der Waals surface area contributed by atoms with Gasteiger partial charge >= 0.3 is 5.97 Å². The molecule has 0 aliphatic heterocycles. The monoisotopic (exact) mass is 281 g/mol. The molecule has 7 nitrogen and oxygen atoms in total. The van der Waals surface area contributed by atoms with Crippen molar-refractivity contribution in [3.8, 4) is 0 Å². The first kappa shape index (κ1) is 15.9. The van der Waals surface area contributed by atoms with Crippen LogP contribution >= 0.6 is 0 Å². The van der Waals surface area contributed by atoms with Crippen LogP contribution in [0.1, 0.15) is 22.3 Å². The van der Waals surface area contributed by atoms with Crippen molar-refractivity contribution in [2.24, 2.45) is 0 Å². The Balaban J connectivity index is 2.93. The number of nitro benzene ring substituents is 1. The summed E-state index contributed by atoms with van der Waals surface area (Å²) in [7, 11) is 3.92. The zero-order valence-corrected chi connectivity index (χ0v) is 11.8. The number of nitrogens with one attached hydrogen (secondary N) is 1. The predicted molar refractivity (Wildman–Crippen MR) is 76.5 cm³/mol. The summed E-state index contributed by atoms with van der Waals surface area (Å²) < 4.78 is 0. The number of nitrogens with zero attached hydrogens (tertiary/aromatic N) is 2. The fourth-order valence-electron chi connectivity index (χ4n) is 1.81. The van der Waals surface area contributed by atoms with Gasteiger partial charge in [0, 0.05) is 23.9 Å². The Kier molecular flexibility index (Phi) is 5.45. The number of aromatic carboxylic acids is 1. The molecule has 0 unspecified atom stereocenters. The summed E-state index contributed by atoms with van der Waals surface area (Å²) in [6, 6.07) is 2.52. The van der Waals surface area contributed by atoms with E-state index in [0.717, 1.165) is 19.0 Å².